The van der Waals surface area contributed by atoms with Crippen LogP contribution in [0.1, 0.15) is 25.3 Å². The van der Waals surface area contributed by atoms with Crippen molar-refractivity contribution in [1.82, 2.24) is 0 Å². The summed E-state index contributed by atoms with van der Waals surface area (Å²) >= 11 is 0. The largest absolute Gasteiger partial charge is 0.0865 e. The minimum atomic E-state index is -0.0276. The third kappa shape index (κ3) is 4.34. The number of rotatable bonds is 5. The zero-order valence-electron chi connectivity index (χ0n) is 8.87. The Bertz CT molecular complexity index is 350. The maximum Gasteiger partial charge on any atom is 0.0558 e. The van der Waals surface area contributed by atoms with Gasteiger partial charge in [0, 0.05) is 4.91 Å². The summed E-state index contributed by atoms with van der Waals surface area (Å²) in [6.07, 6.45) is 5.86. The highest BCUT2D eigenvalue weighted by Crippen LogP contribution is 2.08. The maximum atomic E-state index is 8.38. The van der Waals surface area contributed by atoms with Gasteiger partial charge in [-0.05, 0) is 17.5 Å². The summed E-state index contributed by atoms with van der Waals surface area (Å²) in [6, 6.07) is 9.98. The average Bonchev–Trinajstić information content (AvgIpc) is 2.28. The highest BCUT2D eigenvalue weighted by Gasteiger charge is 1.98. The second-order valence-electron chi connectivity index (χ2n) is 3.33. The summed E-state index contributed by atoms with van der Waals surface area (Å²) in [6.45, 7) is 2.08. The molecule has 0 aliphatic heterocycles. The molecule has 1 atom stereocenters. The van der Waals surface area contributed by atoms with Crippen LogP contribution in [0.3, 0.4) is 0 Å². The molecule has 0 spiro atoms. The molecule has 0 N–H and O–H groups in total. The molecule has 0 amide bonds. The van der Waals surface area contributed by atoms with E-state index in [9.17, 15) is 0 Å². The van der Waals surface area contributed by atoms with Crippen molar-refractivity contribution in [3.8, 4) is 0 Å². The van der Waals surface area contributed by atoms with E-state index < -0.39 is 0 Å². The molecule has 0 saturated heterocycles. The van der Waals surface area contributed by atoms with Crippen LogP contribution >= 0.6 is 0 Å². The first-order chi connectivity index (χ1) is 7.36. The van der Waals surface area contributed by atoms with Crippen LogP contribution in [0.15, 0.2) is 41.5 Å². The van der Waals surface area contributed by atoms with Gasteiger partial charge < -0.3 is 0 Å². The van der Waals surface area contributed by atoms with E-state index in [-0.39, 0.29) is 6.04 Å². The zero-order chi connectivity index (χ0) is 10.9. The fraction of sp³-hybridized carbons (Fsp3) is 0.333. The van der Waals surface area contributed by atoms with Crippen molar-refractivity contribution in [2.75, 3.05) is 0 Å². The van der Waals surface area contributed by atoms with Gasteiger partial charge in [-0.1, -0.05) is 60.9 Å². The van der Waals surface area contributed by atoms with Gasteiger partial charge >= 0.3 is 0 Å². The molecule has 78 valence electrons. The van der Waals surface area contributed by atoms with Gasteiger partial charge in [0.15, 0.2) is 0 Å². The smallest absolute Gasteiger partial charge is 0.0558 e. The normalized spacial score (nSPS) is 12.3. The molecule has 0 aliphatic rings. The van der Waals surface area contributed by atoms with Gasteiger partial charge in [0.2, 0.25) is 0 Å². The summed E-state index contributed by atoms with van der Waals surface area (Å²) in [5.41, 5.74) is 9.52. The Labute approximate surface area is 90.1 Å². The van der Waals surface area contributed by atoms with Crippen molar-refractivity contribution in [3.63, 3.8) is 0 Å². The fourth-order valence-corrected chi connectivity index (χ4v) is 1.34. The minimum absolute atomic E-state index is 0.0276. The van der Waals surface area contributed by atoms with E-state index in [1.807, 2.05) is 42.5 Å². The van der Waals surface area contributed by atoms with Crippen LogP contribution in [0.25, 0.3) is 16.5 Å². The molecule has 0 fully saturated rings. The molecule has 3 nitrogen and oxygen atoms in total. The van der Waals surface area contributed by atoms with Gasteiger partial charge in [-0.3, -0.25) is 0 Å². The molecular formula is C12H15N3. The Morgan fingerprint density at radius 3 is 2.73 bits per heavy atom. The maximum absolute atomic E-state index is 8.38. The predicted octanol–water partition coefficient (Wildman–Crippen LogP) is 4.18. The van der Waals surface area contributed by atoms with Gasteiger partial charge in [0.05, 0.1) is 6.04 Å². The number of hydrogen-bond donors (Lipinski definition) is 0. The molecule has 0 aromatic heterocycles. The monoisotopic (exact) mass is 201 g/mol. The van der Waals surface area contributed by atoms with E-state index in [2.05, 4.69) is 16.9 Å². The van der Waals surface area contributed by atoms with E-state index in [0.717, 1.165) is 18.4 Å². The SMILES string of the molecule is CCCC(/C=C/c1ccccc1)N=[N+]=[N-]. The zero-order valence-corrected chi connectivity index (χ0v) is 8.87. The molecule has 1 aromatic rings. The summed E-state index contributed by atoms with van der Waals surface area (Å²) in [5.74, 6) is 0. The Kier molecular flexibility index (Phi) is 5.06. The van der Waals surface area contributed by atoms with Gasteiger partial charge in [0.1, 0.15) is 0 Å². The second kappa shape index (κ2) is 6.68. The minimum Gasteiger partial charge on any atom is -0.0865 e. The van der Waals surface area contributed by atoms with Gasteiger partial charge in [-0.2, -0.15) is 0 Å². The molecule has 0 heterocycles. The third-order valence-electron chi connectivity index (χ3n) is 2.09. The van der Waals surface area contributed by atoms with E-state index in [1.165, 1.54) is 0 Å². The molecule has 15 heavy (non-hydrogen) atoms. The van der Waals surface area contributed by atoms with Crippen LogP contribution in [-0.2, 0) is 0 Å². The van der Waals surface area contributed by atoms with E-state index in [0.29, 0.717) is 0 Å². The van der Waals surface area contributed by atoms with Crippen molar-refractivity contribution < 1.29 is 0 Å². The van der Waals surface area contributed by atoms with E-state index in [1.54, 1.807) is 0 Å². The Morgan fingerprint density at radius 2 is 2.13 bits per heavy atom. The number of azide groups is 1. The van der Waals surface area contributed by atoms with Crippen molar-refractivity contribution in [3.05, 3.63) is 52.4 Å². The van der Waals surface area contributed by atoms with Gasteiger partial charge in [-0.25, -0.2) is 0 Å². The lowest BCUT2D eigenvalue weighted by Gasteiger charge is -2.02. The topological polar surface area (TPSA) is 48.8 Å². The molecule has 1 unspecified atom stereocenters. The van der Waals surface area contributed by atoms with Gasteiger partial charge in [-0.15, -0.1) is 0 Å². The molecule has 0 aliphatic carbocycles. The standard InChI is InChI=1S/C12H15N3/c1-2-6-12(14-15-13)10-9-11-7-4-3-5-8-11/h3-5,7-10,12H,2,6H2,1H3/b10-9+. The predicted molar refractivity (Wildman–Crippen MR) is 63.3 cm³/mol. The molecule has 0 saturated carbocycles. The first-order valence-corrected chi connectivity index (χ1v) is 5.14. The Balaban J connectivity index is 2.65. The van der Waals surface area contributed by atoms with Crippen molar-refractivity contribution in [1.29, 1.82) is 0 Å². The van der Waals surface area contributed by atoms with E-state index in [4.69, 9.17) is 5.53 Å². The molecule has 3 heteroatoms. The number of benzene rings is 1. The quantitative estimate of drug-likeness (QED) is 0.390. The first kappa shape index (κ1) is 11.3. The van der Waals surface area contributed by atoms with Crippen LogP contribution in [0.4, 0.5) is 0 Å². The Morgan fingerprint density at radius 1 is 1.40 bits per heavy atom. The number of nitrogens with zero attached hydrogens (tertiary/aromatic N) is 3. The molecule has 1 aromatic carbocycles. The molecule has 0 radical (unpaired) electrons. The lowest BCUT2D eigenvalue weighted by atomic mass is 10.1. The summed E-state index contributed by atoms with van der Waals surface area (Å²) < 4.78 is 0. The molecule has 1 rings (SSSR count). The van der Waals surface area contributed by atoms with Crippen LogP contribution < -0.4 is 0 Å². The Hall–Kier alpha value is -1.73. The van der Waals surface area contributed by atoms with Crippen LogP contribution in [-0.4, -0.2) is 6.04 Å². The first-order valence-electron chi connectivity index (χ1n) is 5.14. The summed E-state index contributed by atoms with van der Waals surface area (Å²) in [4.78, 5) is 2.84. The number of hydrogen-bond acceptors (Lipinski definition) is 1. The molecule has 0 bridgehead atoms. The van der Waals surface area contributed by atoms with Crippen LogP contribution in [0, 0.1) is 0 Å². The third-order valence-corrected chi connectivity index (χ3v) is 2.09. The summed E-state index contributed by atoms with van der Waals surface area (Å²) in [5, 5.41) is 3.72. The highest BCUT2D eigenvalue weighted by atomic mass is 15.1. The lowest BCUT2D eigenvalue weighted by molar-refractivity contribution is 0.701. The fourth-order valence-electron chi connectivity index (χ4n) is 1.34. The summed E-state index contributed by atoms with van der Waals surface area (Å²) in [7, 11) is 0. The van der Waals surface area contributed by atoms with E-state index >= 15 is 0 Å². The average molecular weight is 201 g/mol. The van der Waals surface area contributed by atoms with Crippen LogP contribution in [0.5, 0.6) is 0 Å². The van der Waals surface area contributed by atoms with Crippen LogP contribution in [0.2, 0.25) is 0 Å². The van der Waals surface area contributed by atoms with Crippen molar-refractivity contribution >= 4 is 6.08 Å². The second-order valence-corrected chi connectivity index (χ2v) is 3.33. The lowest BCUT2D eigenvalue weighted by Crippen LogP contribution is -1.96. The molecular weight excluding hydrogens is 186 g/mol. The van der Waals surface area contributed by atoms with Crippen molar-refractivity contribution in [2.45, 2.75) is 25.8 Å². The van der Waals surface area contributed by atoms with Gasteiger partial charge in [0.25, 0.3) is 0 Å². The van der Waals surface area contributed by atoms with Crippen molar-refractivity contribution in [2.24, 2.45) is 5.11 Å². The highest BCUT2D eigenvalue weighted by molar-refractivity contribution is 5.49.